The van der Waals surface area contributed by atoms with Crippen LogP contribution in [0.4, 0.5) is 0 Å². The van der Waals surface area contributed by atoms with Crippen molar-refractivity contribution in [2.45, 2.75) is 6.54 Å². The predicted octanol–water partition coefficient (Wildman–Crippen LogP) is 4.48. The number of carbonyl (C=O) groups is 1. The zero-order chi connectivity index (χ0) is 19.4. The van der Waals surface area contributed by atoms with Crippen LogP contribution < -0.4 is 14.3 Å². The zero-order valence-electron chi connectivity index (χ0n) is 15.2. The number of ether oxygens (including phenoxy) is 2. The van der Waals surface area contributed by atoms with Crippen LogP contribution in [0, 0.1) is 0 Å². The van der Waals surface area contributed by atoms with Gasteiger partial charge in [0.25, 0.3) is 5.91 Å². The summed E-state index contributed by atoms with van der Waals surface area (Å²) in [6.45, 7) is 0.734. The van der Waals surface area contributed by atoms with E-state index in [0.29, 0.717) is 26.9 Å². The molecule has 0 N–H and O–H groups in total. The Morgan fingerprint density at radius 1 is 1.22 bits per heavy atom. The van der Waals surface area contributed by atoms with Gasteiger partial charge in [0, 0.05) is 35.0 Å². The number of benzene rings is 2. The minimum Gasteiger partial charge on any atom is -0.493 e. The van der Waals surface area contributed by atoms with E-state index in [0.717, 1.165) is 22.5 Å². The number of thiazole rings is 1. The van der Waals surface area contributed by atoms with Crippen LogP contribution in [0.25, 0.3) is 10.2 Å². The summed E-state index contributed by atoms with van der Waals surface area (Å²) in [5.41, 5.74) is 1.43. The number of thioether (sulfide) groups is 1. The minimum atomic E-state index is -0.319. The van der Waals surface area contributed by atoms with Gasteiger partial charge < -0.3 is 14.0 Å². The molecule has 2 aromatic carbocycles. The van der Waals surface area contributed by atoms with E-state index >= 15 is 0 Å². The van der Waals surface area contributed by atoms with Crippen LogP contribution in [0.5, 0.6) is 11.5 Å². The predicted molar refractivity (Wildman–Crippen MR) is 113 cm³/mol. The van der Waals surface area contributed by atoms with E-state index in [-0.39, 0.29) is 5.91 Å². The van der Waals surface area contributed by atoms with Crippen LogP contribution in [-0.2, 0) is 6.54 Å². The Hall–Kier alpha value is -1.96. The quantitative estimate of drug-likeness (QED) is 0.587. The molecule has 0 bridgehead atoms. The Morgan fingerprint density at radius 3 is 2.63 bits per heavy atom. The van der Waals surface area contributed by atoms with Crippen molar-refractivity contribution in [3.63, 3.8) is 0 Å². The van der Waals surface area contributed by atoms with Gasteiger partial charge in [0.1, 0.15) is 0 Å². The van der Waals surface area contributed by atoms with Gasteiger partial charge in [-0.3, -0.25) is 4.79 Å². The van der Waals surface area contributed by atoms with Crippen molar-refractivity contribution >= 4 is 50.8 Å². The van der Waals surface area contributed by atoms with Crippen molar-refractivity contribution in [3.8, 4) is 11.5 Å². The molecule has 142 valence electrons. The van der Waals surface area contributed by atoms with Crippen molar-refractivity contribution in [3.05, 3.63) is 51.8 Å². The maximum atomic E-state index is 12.6. The third kappa shape index (κ3) is 4.31. The highest BCUT2D eigenvalue weighted by atomic mass is 35.5. The lowest BCUT2D eigenvalue weighted by atomic mass is 10.2. The topological polar surface area (TPSA) is 52.8 Å². The number of nitrogens with zero attached hydrogens (tertiary/aromatic N) is 2. The van der Waals surface area contributed by atoms with Gasteiger partial charge >= 0.3 is 0 Å². The zero-order valence-corrected chi connectivity index (χ0v) is 17.6. The van der Waals surface area contributed by atoms with Crippen LogP contribution in [0.3, 0.4) is 0 Å². The second-order valence-corrected chi connectivity index (χ2v) is 8.06. The maximum Gasteiger partial charge on any atom is 0.279 e. The number of hydrogen-bond donors (Lipinski definition) is 0. The summed E-state index contributed by atoms with van der Waals surface area (Å²) >= 11 is 9.18. The second kappa shape index (κ2) is 8.82. The van der Waals surface area contributed by atoms with E-state index in [1.165, 1.54) is 11.3 Å². The molecule has 1 amide bonds. The molecule has 0 spiro atoms. The number of halogens is 1. The molecule has 1 aromatic heterocycles. The monoisotopic (exact) mass is 422 g/mol. The van der Waals surface area contributed by atoms with Crippen molar-refractivity contribution < 1.29 is 14.3 Å². The molecular formula is C19H19ClN2O3S2. The lowest BCUT2D eigenvalue weighted by molar-refractivity contribution is 0.0998. The summed E-state index contributed by atoms with van der Waals surface area (Å²) in [6.07, 6.45) is 2.05. The summed E-state index contributed by atoms with van der Waals surface area (Å²) in [6, 6.07) is 10.6. The Balaban J connectivity index is 2.16. The SMILES string of the molecule is COc1cc2sc(=NC(=O)c3cccc(Cl)c3)n(CCSC)c2cc1OC. The highest BCUT2D eigenvalue weighted by molar-refractivity contribution is 7.98. The Kier molecular flexibility index (Phi) is 6.46. The standard InChI is InChI=1S/C19H19ClN2O3S2/c1-24-15-10-14-17(11-16(15)25-2)27-19(22(14)7-8-26-3)21-18(23)12-5-4-6-13(20)9-12/h4-6,9-11H,7-8H2,1-3H3. The first-order chi connectivity index (χ1) is 13.1. The van der Waals surface area contributed by atoms with E-state index in [4.69, 9.17) is 21.1 Å². The number of carbonyl (C=O) groups excluding carboxylic acids is 1. The number of hydrogen-bond acceptors (Lipinski definition) is 5. The van der Waals surface area contributed by atoms with Gasteiger partial charge in [-0.1, -0.05) is 29.0 Å². The van der Waals surface area contributed by atoms with Crippen LogP contribution in [0.15, 0.2) is 41.4 Å². The minimum absolute atomic E-state index is 0.319. The molecule has 3 aromatic rings. The first-order valence-electron chi connectivity index (χ1n) is 8.16. The molecule has 0 saturated carbocycles. The van der Waals surface area contributed by atoms with Gasteiger partial charge in [0.05, 0.1) is 24.4 Å². The average Bonchev–Trinajstić information content (AvgIpc) is 3.00. The normalized spacial score (nSPS) is 11.8. The van der Waals surface area contributed by atoms with Crippen molar-refractivity contribution in [1.82, 2.24) is 4.57 Å². The van der Waals surface area contributed by atoms with E-state index in [2.05, 4.69) is 4.99 Å². The van der Waals surface area contributed by atoms with Crippen molar-refractivity contribution in [2.24, 2.45) is 4.99 Å². The highest BCUT2D eigenvalue weighted by Crippen LogP contribution is 2.33. The highest BCUT2D eigenvalue weighted by Gasteiger charge is 2.14. The van der Waals surface area contributed by atoms with E-state index in [1.54, 1.807) is 50.2 Å². The van der Waals surface area contributed by atoms with Crippen LogP contribution in [-0.4, -0.2) is 36.7 Å². The van der Waals surface area contributed by atoms with Gasteiger partial charge in [0.15, 0.2) is 16.3 Å². The summed E-state index contributed by atoms with van der Waals surface area (Å²) in [5, 5.41) is 0.511. The summed E-state index contributed by atoms with van der Waals surface area (Å²) in [7, 11) is 3.21. The summed E-state index contributed by atoms with van der Waals surface area (Å²) in [4.78, 5) is 17.6. The molecule has 0 aliphatic carbocycles. The van der Waals surface area contributed by atoms with E-state index in [1.807, 2.05) is 23.0 Å². The molecule has 0 unspecified atom stereocenters. The van der Waals surface area contributed by atoms with Crippen LogP contribution >= 0.6 is 34.7 Å². The molecular weight excluding hydrogens is 404 g/mol. The Bertz CT molecular complexity index is 1040. The first-order valence-corrected chi connectivity index (χ1v) is 10.7. The van der Waals surface area contributed by atoms with Gasteiger partial charge in [0.2, 0.25) is 0 Å². The fraction of sp³-hybridized carbons (Fsp3) is 0.263. The number of aryl methyl sites for hydroxylation is 1. The molecule has 0 atom stereocenters. The Morgan fingerprint density at radius 2 is 1.96 bits per heavy atom. The third-order valence-electron chi connectivity index (χ3n) is 3.98. The molecule has 0 fully saturated rings. The second-order valence-electron chi connectivity index (χ2n) is 5.63. The molecule has 1 heterocycles. The molecule has 8 heteroatoms. The van der Waals surface area contributed by atoms with Crippen molar-refractivity contribution in [2.75, 3.05) is 26.2 Å². The number of aromatic nitrogens is 1. The van der Waals surface area contributed by atoms with Gasteiger partial charge in [-0.05, 0) is 24.5 Å². The molecule has 5 nitrogen and oxygen atoms in total. The van der Waals surface area contributed by atoms with Crippen molar-refractivity contribution in [1.29, 1.82) is 0 Å². The smallest absolute Gasteiger partial charge is 0.279 e. The van der Waals surface area contributed by atoms with Gasteiger partial charge in [-0.25, -0.2) is 0 Å². The average molecular weight is 423 g/mol. The number of methoxy groups -OCH3 is 2. The maximum absolute atomic E-state index is 12.6. The van der Waals surface area contributed by atoms with E-state index in [9.17, 15) is 4.79 Å². The molecule has 0 aliphatic rings. The summed E-state index contributed by atoms with van der Waals surface area (Å²) in [5.74, 6) is 1.88. The number of amides is 1. The van der Waals surface area contributed by atoms with E-state index < -0.39 is 0 Å². The number of rotatable bonds is 6. The molecule has 3 rings (SSSR count). The van der Waals surface area contributed by atoms with Gasteiger partial charge in [-0.15, -0.1) is 0 Å². The largest absolute Gasteiger partial charge is 0.493 e. The van der Waals surface area contributed by atoms with Crippen LogP contribution in [0.1, 0.15) is 10.4 Å². The summed E-state index contributed by atoms with van der Waals surface area (Å²) < 4.78 is 13.8. The lowest BCUT2D eigenvalue weighted by Crippen LogP contribution is -2.18. The Labute approximate surface area is 170 Å². The third-order valence-corrected chi connectivity index (χ3v) is 5.84. The first kappa shape index (κ1) is 19.8. The van der Waals surface area contributed by atoms with Crippen LogP contribution in [0.2, 0.25) is 5.02 Å². The number of fused-ring (bicyclic) bond motifs is 1. The van der Waals surface area contributed by atoms with Gasteiger partial charge in [-0.2, -0.15) is 16.8 Å². The molecule has 0 aliphatic heterocycles. The fourth-order valence-corrected chi connectivity index (χ4v) is 4.27. The lowest BCUT2D eigenvalue weighted by Gasteiger charge is -2.09. The molecule has 27 heavy (non-hydrogen) atoms. The molecule has 0 radical (unpaired) electrons. The molecule has 0 saturated heterocycles. The fourth-order valence-electron chi connectivity index (χ4n) is 2.65.